The van der Waals surface area contributed by atoms with Gasteiger partial charge in [0.15, 0.2) is 11.0 Å². The van der Waals surface area contributed by atoms with Gasteiger partial charge >= 0.3 is 0 Å². The number of carbonyl (C=O) groups excluding carboxylic acids is 2. The molecule has 41 heavy (non-hydrogen) atoms. The molecule has 2 aliphatic rings. The molecule has 204 valence electrons. The summed E-state index contributed by atoms with van der Waals surface area (Å²) < 4.78 is 19.9. The summed E-state index contributed by atoms with van der Waals surface area (Å²) in [7, 11) is 0. The molecule has 4 heterocycles. The highest BCUT2D eigenvalue weighted by molar-refractivity contribution is 7.15. The molecular formula is C31H23FN4O4S. The summed E-state index contributed by atoms with van der Waals surface area (Å²) in [5, 5.41) is 9.67. The van der Waals surface area contributed by atoms with Gasteiger partial charge in [-0.1, -0.05) is 48.6 Å². The smallest absolute Gasteiger partial charge is 0.297 e. The number of hydrogen-bond donors (Lipinski definition) is 0. The first-order chi connectivity index (χ1) is 19.7. The third-order valence-corrected chi connectivity index (χ3v) is 9.00. The third kappa shape index (κ3) is 3.40. The van der Waals surface area contributed by atoms with Crippen LogP contribution in [0.3, 0.4) is 0 Å². The number of aryl methyl sites for hydroxylation is 3. The van der Waals surface area contributed by atoms with Crippen LogP contribution in [-0.2, 0) is 23.3 Å². The number of benzene rings is 3. The first-order valence-corrected chi connectivity index (χ1v) is 14.0. The predicted molar refractivity (Wildman–Crippen MR) is 153 cm³/mol. The van der Waals surface area contributed by atoms with Crippen LogP contribution in [0.5, 0.6) is 0 Å². The molecule has 2 aliphatic heterocycles. The van der Waals surface area contributed by atoms with E-state index in [4.69, 9.17) is 4.42 Å². The fourth-order valence-corrected chi connectivity index (χ4v) is 6.65. The van der Waals surface area contributed by atoms with Gasteiger partial charge in [0.25, 0.3) is 11.8 Å². The minimum atomic E-state index is -1.86. The molecule has 2 aromatic heterocycles. The van der Waals surface area contributed by atoms with E-state index < -0.39 is 28.6 Å². The molecule has 10 heteroatoms. The van der Waals surface area contributed by atoms with E-state index in [1.165, 1.54) is 33.3 Å². The number of carbonyl (C=O) groups is 2. The van der Waals surface area contributed by atoms with Gasteiger partial charge < -0.3 is 9.32 Å². The molecule has 2 amide bonds. The Kier molecular flexibility index (Phi) is 5.49. The molecule has 3 aromatic carbocycles. The van der Waals surface area contributed by atoms with E-state index in [2.05, 4.69) is 10.2 Å². The number of anilines is 2. The van der Waals surface area contributed by atoms with Crippen LogP contribution in [0.1, 0.15) is 50.3 Å². The van der Waals surface area contributed by atoms with E-state index in [0.717, 1.165) is 11.1 Å². The Morgan fingerprint density at radius 1 is 0.976 bits per heavy atom. The maximum Gasteiger partial charge on any atom is 0.297 e. The fourth-order valence-electron chi connectivity index (χ4n) is 5.83. The maximum atomic E-state index is 14.9. The number of hydrogen-bond acceptors (Lipinski definition) is 7. The van der Waals surface area contributed by atoms with E-state index in [1.807, 2.05) is 20.8 Å². The van der Waals surface area contributed by atoms with Gasteiger partial charge in [-0.2, -0.15) is 0 Å². The maximum absolute atomic E-state index is 14.9. The van der Waals surface area contributed by atoms with Crippen LogP contribution in [0.25, 0.3) is 11.0 Å². The minimum absolute atomic E-state index is 0.0365. The third-order valence-electron chi connectivity index (χ3n) is 7.94. The Morgan fingerprint density at radius 3 is 2.44 bits per heavy atom. The van der Waals surface area contributed by atoms with Gasteiger partial charge in [0.2, 0.25) is 10.9 Å². The van der Waals surface area contributed by atoms with Crippen molar-refractivity contribution in [3.8, 4) is 0 Å². The largest absolute Gasteiger partial charge is 0.450 e. The molecule has 0 aliphatic carbocycles. The van der Waals surface area contributed by atoms with Crippen molar-refractivity contribution in [3.05, 3.63) is 115 Å². The molecule has 1 spiro atoms. The lowest BCUT2D eigenvalue weighted by atomic mass is 9.84. The lowest BCUT2D eigenvalue weighted by Crippen LogP contribution is -2.53. The summed E-state index contributed by atoms with van der Waals surface area (Å²) in [5.41, 5.74) is 1.39. The van der Waals surface area contributed by atoms with E-state index >= 15 is 0 Å². The van der Waals surface area contributed by atoms with Gasteiger partial charge in [-0.05, 0) is 67.3 Å². The SMILES string of the molecule is CCc1nnc(N2C(=O)c3oc4cc(C)c(C)cc4c(=O)c3C23C(=O)N(Cc2ccc(F)cc2)c2ccccc23)s1. The summed E-state index contributed by atoms with van der Waals surface area (Å²) in [6.07, 6.45) is 0.584. The first kappa shape index (κ1) is 25.3. The Balaban J connectivity index is 1.55. The number of halogens is 1. The van der Waals surface area contributed by atoms with Crippen LogP contribution < -0.4 is 15.2 Å². The second-order valence-electron chi connectivity index (χ2n) is 10.3. The van der Waals surface area contributed by atoms with Crippen molar-refractivity contribution >= 4 is 44.9 Å². The second-order valence-corrected chi connectivity index (χ2v) is 11.3. The lowest BCUT2D eigenvalue weighted by Gasteiger charge is -2.32. The highest BCUT2D eigenvalue weighted by Gasteiger charge is 2.66. The molecular weight excluding hydrogens is 543 g/mol. The predicted octanol–water partition coefficient (Wildman–Crippen LogP) is 5.41. The van der Waals surface area contributed by atoms with Crippen LogP contribution in [0.15, 0.2) is 69.9 Å². The van der Waals surface area contributed by atoms with Crippen molar-refractivity contribution in [1.29, 1.82) is 0 Å². The summed E-state index contributed by atoms with van der Waals surface area (Å²) in [4.78, 5) is 46.4. The number of rotatable bonds is 4. The molecule has 7 rings (SSSR count). The quantitative estimate of drug-likeness (QED) is 0.289. The molecule has 0 N–H and O–H groups in total. The molecule has 0 saturated carbocycles. The number of para-hydroxylation sites is 1. The van der Waals surface area contributed by atoms with Crippen LogP contribution in [0, 0.1) is 19.7 Å². The van der Waals surface area contributed by atoms with Crippen molar-refractivity contribution in [1.82, 2.24) is 10.2 Å². The average Bonchev–Trinajstić information content (AvgIpc) is 3.61. The molecule has 5 aromatic rings. The molecule has 0 radical (unpaired) electrons. The van der Waals surface area contributed by atoms with Crippen molar-refractivity contribution in [2.24, 2.45) is 0 Å². The monoisotopic (exact) mass is 566 g/mol. The zero-order chi connectivity index (χ0) is 28.6. The molecule has 1 unspecified atom stereocenters. The van der Waals surface area contributed by atoms with Crippen LogP contribution in [0.4, 0.5) is 15.2 Å². The zero-order valence-corrected chi connectivity index (χ0v) is 23.2. The van der Waals surface area contributed by atoms with Gasteiger partial charge in [-0.3, -0.25) is 19.3 Å². The molecule has 1 atom stereocenters. The summed E-state index contributed by atoms with van der Waals surface area (Å²) in [6, 6.07) is 16.4. The van der Waals surface area contributed by atoms with Gasteiger partial charge in [0.1, 0.15) is 16.4 Å². The van der Waals surface area contributed by atoms with Crippen LogP contribution >= 0.6 is 11.3 Å². The van der Waals surface area contributed by atoms with Gasteiger partial charge in [-0.25, -0.2) is 4.39 Å². The van der Waals surface area contributed by atoms with E-state index in [9.17, 15) is 18.8 Å². The summed E-state index contributed by atoms with van der Waals surface area (Å²) in [6.45, 7) is 5.81. The number of fused-ring (bicyclic) bond motifs is 5. The van der Waals surface area contributed by atoms with E-state index in [1.54, 1.807) is 48.5 Å². The Labute approximate surface area is 237 Å². The average molecular weight is 567 g/mol. The van der Waals surface area contributed by atoms with Crippen LogP contribution in [0.2, 0.25) is 0 Å². The van der Waals surface area contributed by atoms with Gasteiger partial charge in [0, 0.05) is 5.56 Å². The Morgan fingerprint density at radius 2 is 1.71 bits per heavy atom. The Bertz CT molecular complexity index is 1980. The number of amides is 2. The van der Waals surface area contributed by atoms with Gasteiger partial charge in [0.05, 0.1) is 23.2 Å². The van der Waals surface area contributed by atoms with Crippen molar-refractivity contribution in [3.63, 3.8) is 0 Å². The van der Waals surface area contributed by atoms with Crippen molar-refractivity contribution < 1.29 is 18.4 Å². The standard InChI is InChI=1S/C31H23FN4O4S/c1-4-24-33-34-30(41-24)36-28(38)27-25(26(37)20-13-16(2)17(3)14-23(20)40-27)31(36)21-7-5-6-8-22(21)35(29(31)39)15-18-9-11-19(32)12-10-18/h5-14H,4,15H2,1-3H3. The topological polar surface area (TPSA) is 96.6 Å². The second kappa shape index (κ2) is 8.90. The Hall–Kier alpha value is -4.70. The van der Waals surface area contributed by atoms with Crippen molar-refractivity contribution in [2.75, 3.05) is 9.80 Å². The van der Waals surface area contributed by atoms with E-state index in [0.29, 0.717) is 28.2 Å². The van der Waals surface area contributed by atoms with E-state index in [-0.39, 0.29) is 34.0 Å². The first-order valence-electron chi connectivity index (χ1n) is 13.2. The van der Waals surface area contributed by atoms with Crippen molar-refractivity contribution in [2.45, 2.75) is 39.3 Å². The highest BCUT2D eigenvalue weighted by Crippen LogP contribution is 2.54. The molecule has 8 nitrogen and oxygen atoms in total. The number of aromatic nitrogens is 2. The van der Waals surface area contributed by atoms with Crippen LogP contribution in [-0.4, -0.2) is 22.0 Å². The summed E-state index contributed by atoms with van der Waals surface area (Å²) >= 11 is 1.19. The summed E-state index contributed by atoms with van der Waals surface area (Å²) in [5.74, 6) is -1.72. The molecule has 0 fully saturated rings. The zero-order valence-electron chi connectivity index (χ0n) is 22.4. The molecule has 0 bridgehead atoms. The lowest BCUT2D eigenvalue weighted by molar-refractivity contribution is -0.121. The van der Waals surface area contributed by atoms with Gasteiger partial charge in [-0.15, -0.1) is 10.2 Å². The highest BCUT2D eigenvalue weighted by atomic mass is 32.1. The number of nitrogens with zero attached hydrogens (tertiary/aromatic N) is 4. The normalized spacial score (nSPS) is 17.7. The molecule has 0 saturated heterocycles. The minimum Gasteiger partial charge on any atom is -0.450 e. The fraction of sp³-hybridized carbons (Fsp3) is 0.194.